The number of rotatable bonds is 6. The van der Waals surface area contributed by atoms with Crippen LogP contribution >= 0.6 is 0 Å². The Balaban J connectivity index is 1.94. The SMILES string of the molecule is CCCC[SiH]([SiH3])N(C1CCCC1)C1CCCC1. The molecule has 0 N–H and O–H groups in total. The molecule has 1 unspecified atom stereocenters. The van der Waals surface area contributed by atoms with Gasteiger partial charge < -0.3 is 4.57 Å². The summed E-state index contributed by atoms with van der Waals surface area (Å²) < 4.78 is 3.15. The standard InChI is InChI=1S/C14H31NSi2/c1-2-3-12-17(16)15(13-8-4-5-9-13)14-10-6-7-11-14/h13-14,17H,2-12H2,1,16H3. The lowest BCUT2D eigenvalue weighted by atomic mass is 10.2. The third kappa shape index (κ3) is 3.68. The Bertz CT molecular complexity index is 194. The lowest BCUT2D eigenvalue weighted by molar-refractivity contribution is 0.253. The van der Waals surface area contributed by atoms with Gasteiger partial charge in [-0.2, -0.15) is 0 Å². The summed E-state index contributed by atoms with van der Waals surface area (Å²) in [6, 6.07) is 3.68. The van der Waals surface area contributed by atoms with Crippen molar-refractivity contribution in [1.82, 2.24) is 4.57 Å². The topological polar surface area (TPSA) is 3.24 Å². The molecular weight excluding hydrogens is 238 g/mol. The highest BCUT2D eigenvalue weighted by atomic mass is 29.2. The van der Waals surface area contributed by atoms with Crippen LogP contribution < -0.4 is 0 Å². The number of nitrogens with zero attached hydrogens (tertiary/aromatic N) is 1. The van der Waals surface area contributed by atoms with E-state index < -0.39 is 8.48 Å². The van der Waals surface area contributed by atoms with Gasteiger partial charge in [-0.05, 0) is 31.7 Å². The zero-order valence-corrected chi connectivity index (χ0v) is 15.1. The van der Waals surface area contributed by atoms with Gasteiger partial charge in [-0.3, -0.25) is 0 Å². The van der Waals surface area contributed by atoms with E-state index in [1.807, 2.05) is 0 Å². The molecule has 2 rings (SSSR count). The summed E-state index contributed by atoms with van der Waals surface area (Å²) in [4.78, 5) is 0. The Kier molecular flexibility index (Phi) is 5.77. The largest absolute Gasteiger partial charge is 0.324 e. The van der Waals surface area contributed by atoms with Gasteiger partial charge in [-0.1, -0.05) is 45.4 Å². The Morgan fingerprint density at radius 2 is 1.47 bits per heavy atom. The first-order chi connectivity index (χ1) is 8.33. The first kappa shape index (κ1) is 13.8. The zero-order chi connectivity index (χ0) is 12.1. The van der Waals surface area contributed by atoms with Crippen molar-refractivity contribution < 1.29 is 0 Å². The fourth-order valence-electron chi connectivity index (χ4n) is 4.07. The van der Waals surface area contributed by atoms with Gasteiger partial charge in [0.2, 0.25) is 0 Å². The van der Waals surface area contributed by atoms with Gasteiger partial charge in [0.25, 0.3) is 0 Å². The van der Waals surface area contributed by atoms with E-state index in [0.29, 0.717) is 0 Å². The van der Waals surface area contributed by atoms with Crippen LogP contribution in [0.2, 0.25) is 6.04 Å². The minimum Gasteiger partial charge on any atom is -0.324 e. The lowest BCUT2D eigenvalue weighted by Gasteiger charge is -2.39. The smallest absolute Gasteiger partial charge is 0.0919 e. The van der Waals surface area contributed by atoms with Crippen molar-refractivity contribution in [3.63, 3.8) is 0 Å². The zero-order valence-electron chi connectivity index (χ0n) is 12.0. The van der Waals surface area contributed by atoms with Crippen molar-refractivity contribution in [2.24, 2.45) is 0 Å². The molecule has 0 aromatic carbocycles. The fraction of sp³-hybridized carbons (Fsp3) is 1.00. The van der Waals surface area contributed by atoms with E-state index in [-0.39, 0.29) is 0 Å². The van der Waals surface area contributed by atoms with Gasteiger partial charge in [0, 0.05) is 21.8 Å². The molecule has 0 aliphatic heterocycles. The highest BCUT2D eigenvalue weighted by molar-refractivity contribution is 7.01. The van der Waals surface area contributed by atoms with E-state index in [0.717, 1.165) is 12.1 Å². The number of hydrogen-bond acceptors (Lipinski definition) is 1. The van der Waals surface area contributed by atoms with Crippen molar-refractivity contribution in [2.75, 3.05) is 0 Å². The second-order valence-corrected chi connectivity index (χ2v) is 13.2. The van der Waals surface area contributed by atoms with Crippen LogP contribution in [0.25, 0.3) is 0 Å². The highest BCUT2D eigenvalue weighted by Crippen LogP contribution is 2.32. The molecule has 3 heteroatoms. The van der Waals surface area contributed by atoms with Crippen molar-refractivity contribution in [1.29, 1.82) is 0 Å². The Morgan fingerprint density at radius 3 is 1.88 bits per heavy atom. The van der Waals surface area contributed by atoms with E-state index in [4.69, 9.17) is 0 Å². The normalized spacial score (nSPS) is 25.1. The second kappa shape index (κ2) is 7.10. The summed E-state index contributed by atoms with van der Waals surface area (Å²) in [6.07, 6.45) is 15.1. The minimum absolute atomic E-state index is 0.469. The van der Waals surface area contributed by atoms with Gasteiger partial charge in [-0.25, -0.2) is 0 Å². The van der Waals surface area contributed by atoms with E-state index in [1.165, 1.54) is 74.0 Å². The van der Waals surface area contributed by atoms with Crippen LogP contribution in [0, 0.1) is 0 Å². The van der Waals surface area contributed by atoms with Crippen LogP contribution in [0.4, 0.5) is 0 Å². The molecule has 0 amide bonds. The molecule has 2 aliphatic rings. The Labute approximate surface area is 112 Å². The monoisotopic (exact) mass is 269 g/mol. The first-order valence-electron chi connectivity index (χ1n) is 8.10. The molecule has 0 aromatic rings. The molecule has 100 valence electrons. The van der Waals surface area contributed by atoms with Crippen molar-refractivity contribution in [3.05, 3.63) is 0 Å². The van der Waals surface area contributed by atoms with Crippen molar-refractivity contribution in [3.8, 4) is 0 Å². The van der Waals surface area contributed by atoms with Crippen LogP contribution in [0.3, 0.4) is 0 Å². The number of unbranched alkanes of at least 4 members (excludes halogenated alkanes) is 1. The summed E-state index contributed by atoms with van der Waals surface area (Å²) in [6.45, 7) is 2.36. The average Bonchev–Trinajstić information content (AvgIpc) is 2.99. The molecule has 0 saturated heterocycles. The van der Waals surface area contributed by atoms with E-state index in [1.54, 1.807) is 6.04 Å². The maximum absolute atomic E-state index is 3.15. The van der Waals surface area contributed by atoms with Gasteiger partial charge in [0.15, 0.2) is 0 Å². The van der Waals surface area contributed by atoms with Crippen LogP contribution in [0.5, 0.6) is 0 Å². The summed E-state index contributed by atoms with van der Waals surface area (Å²) in [5.74, 6) is 0. The molecule has 2 fully saturated rings. The van der Waals surface area contributed by atoms with Gasteiger partial charge in [-0.15, -0.1) is 0 Å². The molecule has 0 spiro atoms. The molecule has 1 atom stereocenters. The molecule has 1 nitrogen and oxygen atoms in total. The van der Waals surface area contributed by atoms with Crippen LogP contribution in [0.15, 0.2) is 0 Å². The van der Waals surface area contributed by atoms with Crippen molar-refractivity contribution in [2.45, 2.75) is 89.3 Å². The van der Waals surface area contributed by atoms with Gasteiger partial charge in [0.05, 0.1) is 8.48 Å². The third-order valence-electron chi connectivity index (χ3n) is 4.98. The third-order valence-corrected chi connectivity index (χ3v) is 11.6. The second-order valence-electron chi connectivity index (χ2n) is 6.32. The summed E-state index contributed by atoms with van der Waals surface area (Å²) in [7, 11) is 1.05. The van der Waals surface area contributed by atoms with Crippen LogP contribution in [-0.2, 0) is 0 Å². The number of hydrogen-bond donors (Lipinski definition) is 0. The summed E-state index contributed by atoms with van der Waals surface area (Å²) in [5.41, 5.74) is 0. The molecule has 0 heterocycles. The van der Waals surface area contributed by atoms with Crippen LogP contribution in [0.1, 0.15) is 71.1 Å². The highest BCUT2D eigenvalue weighted by Gasteiger charge is 2.33. The minimum atomic E-state index is -0.469. The Hall–Kier alpha value is 0.394. The maximum atomic E-state index is 3.15. The predicted molar refractivity (Wildman–Crippen MR) is 83.2 cm³/mol. The van der Waals surface area contributed by atoms with E-state index in [9.17, 15) is 0 Å². The lowest BCUT2D eigenvalue weighted by Crippen LogP contribution is -2.51. The van der Waals surface area contributed by atoms with E-state index >= 15 is 0 Å². The average molecular weight is 270 g/mol. The first-order valence-corrected chi connectivity index (χ1v) is 14.1. The summed E-state index contributed by atoms with van der Waals surface area (Å²) in [5, 5.41) is 0. The predicted octanol–water partition coefficient (Wildman–Crippen LogP) is 2.56. The molecule has 2 aliphatic carbocycles. The Morgan fingerprint density at radius 1 is 1.00 bits per heavy atom. The van der Waals surface area contributed by atoms with Crippen LogP contribution in [-0.4, -0.2) is 34.9 Å². The molecule has 0 aromatic heterocycles. The molecule has 0 radical (unpaired) electrons. The maximum Gasteiger partial charge on any atom is 0.0919 e. The molecule has 0 bridgehead atoms. The quantitative estimate of drug-likeness (QED) is 0.670. The summed E-state index contributed by atoms with van der Waals surface area (Å²) >= 11 is 0. The van der Waals surface area contributed by atoms with Gasteiger partial charge in [0.1, 0.15) is 0 Å². The fourth-order valence-corrected chi connectivity index (χ4v) is 11.2. The van der Waals surface area contributed by atoms with Gasteiger partial charge >= 0.3 is 0 Å². The molecular formula is C14H31NSi2. The molecule has 17 heavy (non-hydrogen) atoms. The van der Waals surface area contributed by atoms with E-state index in [2.05, 4.69) is 11.5 Å². The molecule has 2 saturated carbocycles. The van der Waals surface area contributed by atoms with Crippen molar-refractivity contribution >= 4 is 18.2 Å².